The van der Waals surface area contributed by atoms with E-state index in [1.54, 1.807) is 22.6 Å². The molecule has 0 N–H and O–H groups in total. The lowest BCUT2D eigenvalue weighted by atomic mass is 10.1. The van der Waals surface area contributed by atoms with E-state index in [0.29, 0.717) is 9.13 Å². The zero-order chi connectivity index (χ0) is 11.6. The molecule has 82 valence electrons. The Morgan fingerprint density at radius 1 is 1.40 bits per heavy atom. The highest BCUT2D eigenvalue weighted by molar-refractivity contribution is 14.1. The van der Waals surface area contributed by atoms with Crippen molar-refractivity contribution < 1.29 is 18.0 Å². The molecule has 1 aromatic carbocycles. The lowest BCUT2D eigenvalue weighted by molar-refractivity contribution is -0.137. The van der Waals surface area contributed by atoms with E-state index in [1.807, 2.05) is 0 Å². The second-order valence-corrected chi connectivity index (χ2v) is 4.47. The summed E-state index contributed by atoms with van der Waals surface area (Å²) in [7, 11) is 0. The molecule has 0 heterocycles. The number of ketones is 1. The Hall–Kier alpha value is -0.110. The van der Waals surface area contributed by atoms with E-state index in [4.69, 9.17) is 0 Å². The molecule has 0 fully saturated rings. The molecule has 1 aromatic rings. The summed E-state index contributed by atoms with van der Waals surface area (Å²) in [5.74, 6) is -0.229. The molecule has 0 saturated carbocycles. The molecule has 0 bridgehead atoms. The van der Waals surface area contributed by atoms with Crippen LogP contribution in [0.3, 0.4) is 0 Å². The van der Waals surface area contributed by atoms with Crippen molar-refractivity contribution in [2.24, 2.45) is 0 Å². The monoisotopic (exact) mass is 392 g/mol. The quantitative estimate of drug-likeness (QED) is 0.424. The van der Waals surface area contributed by atoms with Gasteiger partial charge in [0.15, 0.2) is 5.78 Å². The summed E-state index contributed by atoms with van der Waals surface area (Å²) in [6.45, 7) is 0. The number of rotatable bonds is 2. The van der Waals surface area contributed by atoms with E-state index in [2.05, 4.69) is 15.9 Å². The van der Waals surface area contributed by atoms with Crippen LogP contribution >= 0.6 is 38.5 Å². The first-order valence-electron chi connectivity index (χ1n) is 3.82. The van der Waals surface area contributed by atoms with Crippen molar-refractivity contribution in [3.05, 3.63) is 32.9 Å². The highest BCUT2D eigenvalue weighted by Gasteiger charge is 2.31. The van der Waals surface area contributed by atoms with Crippen molar-refractivity contribution >= 4 is 44.3 Å². The topological polar surface area (TPSA) is 17.1 Å². The Morgan fingerprint density at radius 3 is 2.40 bits per heavy atom. The second kappa shape index (κ2) is 4.82. The molecule has 1 nitrogen and oxygen atoms in total. The van der Waals surface area contributed by atoms with Gasteiger partial charge in [-0.3, -0.25) is 4.79 Å². The summed E-state index contributed by atoms with van der Waals surface area (Å²) in [4.78, 5) is 11.3. The number of halogens is 5. The van der Waals surface area contributed by atoms with Crippen LogP contribution in [0.25, 0.3) is 0 Å². The lowest BCUT2D eigenvalue weighted by Gasteiger charge is -2.08. The van der Waals surface area contributed by atoms with Crippen molar-refractivity contribution in [3.8, 4) is 0 Å². The Morgan fingerprint density at radius 2 is 2.00 bits per heavy atom. The molecule has 0 amide bonds. The first kappa shape index (κ1) is 13.0. The van der Waals surface area contributed by atoms with Gasteiger partial charge in [0.05, 0.1) is 10.9 Å². The third-order valence-electron chi connectivity index (χ3n) is 1.72. The number of benzene rings is 1. The maximum Gasteiger partial charge on any atom is 0.416 e. The van der Waals surface area contributed by atoms with E-state index in [9.17, 15) is 18.0 Å². The molecule has 0 aliphatic carbocycles. The molecule has 6 heteroatoms. The second-order valence-electron chi connectivity index (χ2n) is 2.75. The van der Waals surface area contributed by atoms with Crippen molar-refractivity contribution in [1.29, 1.82) is 0 Å². The van der Waals surface area contributed by atoms with E-state index in [-0.39, 0.29) is 11.1 Å². The number of hydrogen-bond acceptors (Lipinski definition) is 1. The van der Waals surface area contributed by atoms with Gasteiger partial charge in [-0.05, 0) is 40.8 Å². The SMILES string of the molecule is O=C(CBr)c1ccc(C(F)(F)F)cc1I. The van der Waals surface area contributed by atoms with Crippen molar-refractivity contribution in [1.82, 2.24) is 0 Å². The van der Waals surface area contributed by atoms with Crippen LogP contribution in [0.5, 0.6) is 0 Å². The third-order valence-corrected chi connectivity index (χ3v) is 3.12. The molecule has 0 spiro atoms. The largest absolute Gasteiger partial charge is 0.416 e. The number of Topliss-reactive ketones (excluding diaryl/α,β-unsaturated/α-hetero) is 1. The maximum absolute atomic E-state index is 12.3. The fourth-order valence-corrected chi connectivity index (χ4v) is 2.11. The van der Waals surface area contributed by atoms with E-state index in [1.165, 1.54) is 6.07 Å². The van der Waals surface area contributed by atoms with Crippen LogP contribution in [-0.4, -0.2) is 11.1 Å². The Balaban J connectivity index is 3.15. The highest BCUT2D eigenvalue weighted by atomic mass is 127. The van der Waals surface area contributed by atoms with Gasteiger partial charge in [-0.1, -0.05) is 15.9 Å². The fourth-order valence-electron chi connectivity index (χ4n) is 0.990. The first-order chi connectivity index (χ1) is 6.86. The van der Waals surface area contributed by atoms with Crippen molar-refractivity contribution in [2.45, 2.75) is 6.18 Å². The summed E-state index contributed by atoms with van der Waals surface area (Å²) in [6, 6.07) is 3.09. The third kappa shape index (κ3) is 3.17. The van der Waals surface area contributed by atoms with Crippen LogP contribution in [-0.2, 0) is 6.18 Å². The molecule has 0 atom stereocenters. The zero-order valence-electron chi connectivity index (χ0n) is 7.24. The van der Waals surface area contributed by atoms with Crippen LogP contribution in [0.1, 0.15) is 15.9 Å². The summed E-state index contributed by atoms with van der Waals surface area (Å²) in [5.41, 5.74) is -0.432. The fraction of sp³-hybridized carbons (Fsp3) is 0.222. The van der Waals surface area contributed by atoms with Gasteiger partial charge >= 0.3 is 6.18 Å². The van der Waals surface area contributed by atoms with Crippen molar-refractivity contribution in [2.75, 3.05) is 5.33 Å². The predicted octanol–water partition coefficient (Wildman–Crippen LogP) is 3.89. The molecule has 1 rings (SSSR count). The molecular weight excluding hydrogens is 388 g/mol. The van der Waals surface area contributed by atoms with Gasteiger partial charge in [0, 0.05) is 9.13 Å². The Bertz CT molecular complexity index is 389. The molecule has 0 unspecified atom stereocenters. The standard InChI is InChI=1S/C9H5BrF3IO/c10-4-8(15)6-2-1-5(3-7(6)14)9(11,12)13/h1-3H,4H2. The van der Waals surface area contributed by atoms with Gasteiger partial charge in [0.1, 0.15) is 0 Å². The van der Waals surface area contributed by atoms with E-state index < -0.39 is 11.7 Å². The molecule has 0 aliphatic heterocycles. The maximum atomic E-state index is 12.3. The summed E-state index contributed by atoms with van der Waals surface area (Å²) < 4.78 is 37.2. The summed E-state index contributed by atoms with van der Waals surface area (Å²) in [5, 5.41) is 0.106. The first-order valence-corrected chi connectivity index (χ1v) is 6.02. The number of carbonyl (C=O) groups is 1. The average Bonchev–Trinajstić information content (AvgIpc) is 2.15. The number of carbonyl (C=O) groups excluding carboxylic acids is 1. The molecule has 0 radical (unpaired) electrons. The Labute approximate surface area is 106 Å². The molecule has 0 saturated heterocycles. The predicted molar refractivity (Wildman–Crippen MR) is 62.3 cm³/mol. The van der Waals surface area contributed by atoms with Crippen LogP contribution in [0, 0.1) is 3.57 Å². The van der Waals surface area contributed by atoms with Gasteiger partial charge in [0.25, 0.3) is 0 Å². The van der Waals surface area contributed by atoms with Gasteiger partial charge in [-0.2, -0.15) is 13.2 Å². The average molecular weight is 393 g/mol. The van der Waals surface area contributed by atoms with E-state index in [0.717, 1.165) is 12.1 Å². The summed E-state index contributed by atoms with van der Waals surface area (Å²) >= 11 is 4.69. The molecule has 15 heavy (non-hydrogen) atoms. The van der Waals surface area contributed by atoms with E-state index >= 15 is 0 Å². The molecular formula is C9H5BrF3IO. The van der Waals surface area contributed by atoms with Gasteiger partial charge < -0.3 is 0 Å². The van der Waals surface area contributed by atoms with Crippen LogP contribution in [0.4, 0.5) is 13.2 Å². The highest BCUT2D eigenvalue weighted by Crippen LogP contribution is 2.31. The lowest BCUT2D eigenvalue weighted by Crippen LogP contribution is -2.08. The van der Waals surface area contributed by atoms with Crippen molar-refractivity contribution in [3.63, 3.8) is 0 Å². The number of alkyl halides is 4. The van der Waals surface area contributed by atoms with Gasteiger partial charge in [-0.25, -0.2) is 0 Å². The molecule has 0 aliphatic rings. The van der Waals surface area contributed by atoms with Gasteiger partial charge in [-0.15, -0.1) is 0 Å². The minimum atomic E-state index is -4.37. The minimum absolute atomic E-state index is 0.106. The minimum Gasteiger partial charge on any atom is -0.293 e. The summed E-state index contributed by atoms with van der Waals surface area (Å²) in [6.07, 6.45) is -4.37. The number of hydrogen-bond donors (Lipinski definition) is 0. The smallest absolute Gasteiger partial charge is 0.293 e. The zero-order valence-corrected chi connectivity index (χ0v) is 11.0. The van der Waals surface area contributed by atoms with Gasteiger partial charge in [0.2, 0.25) is 0 Å². The molecule has 0 aromatic heterocycles. The van der Waals surface area contributed by atoms with Crippen LogP contribution in [0.15, 0.2) is 18.2 Å². The van der Waals surface area contributed by atoms with Crippen LogP contribution in [0.2, 0.25) is 0 Å². The van der Waals surface area contributed by atoms with Crippen LogP contribution < -0.4 is 0 Å². The normalized spacial score (nSPS) is 11.5. The Kier molecular flexibility index (Phi) is 4.16.